The molecule has 0 heterocycles. The molecule has 2 heteroatoms. The van der Waals surface area contributed by atoms with Crippen molar-refractivity contribution in [3.8, 4) is 0 Å². The number of hydrogen-bond donors (Lipinski definition) is 2. The molecule has 1 aliphatic carbocycles. The predicted octanol–water partition coefficient (Wildman–Crippen LogP) is 1.62. The number of hydrogen-bond acceptors (Lipinski definition) is 2. The maximum absolute atomic E-state index is 9.05. The van der Waals surface area contributed by atoms with Crippen molar-refractivity contribution in [2.75, 3.05) is 0 Å². The van der Waals surface area contributed by atoms with Gasteiger partial charge in [-0.3, -0.25) is 0 Å². The van der Waals surface area contributed by atoms with Crippen molar-refractivity contribution < 1.29 is 5.11 Å². The van der Waals surface area contributed by atoms with Gasteiger partial charge in [-0.25, -0.2) is 0 Å². The quantitative estimate of drug-likeness (QED) is 0.598. The van der Waals surface area contributed by atoms with Crippen LogP contribution in [0.15, 0.2) is 0 Å². The van der Waals surface area contributed by atoms with Gasteiger partial charge in [0.1, 0.15) is 6.23 Å². The van der Waals surface area contributed by atoms with Crippen LogP contribution in [0.2, 0.25) is 0 Å². The van der Waals surface area contributed by atoms with E-state index in [0.717, 1.165) is 6.42 Å². The third-order valence-corrected chi connectivity index (χ3v) is 2.76. The fourth-order valence-corrected chi connectivity index (χ4v) is 2.11. The Balaban J connectivity index is 2.37. The number of aliphatic hydroxyl groups is 1. The summed E-state index contributed by atoms with van der Waals surface area (Å²) in [7, 11) is 0. The normalized spacial score (nSPS) is 26.5. The largest absolute Gasteiger partial charge is 0.379 e. The van der Waals surface area contributed by atoms with Crippen molar-refractivity contribution in [3.63, 3.8) is 0 Å². The van der Waals surface area contributed by atoms with Gasteiger partial charge in [0.25, 0.3) is 0 Å². The van der Waals surface area contributed by atoms with Crippen LogP contribution in [0.25, 0.3) is 0 Å². The standard InChI is InChI=1S/C9H19NO/c1-9(7-8(10)11)5-3-2-4-6-9/h8,11H,2-7,10H2,1H3. The molecule has 2 nitrogen and oxygen atoms in total. The molecule has 66 valence electrons. The third kappa shape index (κ3) is 2.80. The Morgan fingerprint density at radius 1 is 1.36 bits per heavy atom. The molecule has 0 aliphatic heterocycles. The molecule has 1 unspecified atom stereocenters. The lowest BCUT2D eigenvalue weighted by atomic mass is 9.73. The van der Waals surface area contributed by atoms with Gasteiger partial charge in [0.05, 0.1) is 0 Å². The summed E-state index contributed by atoms with van der Waals surface area (Å²) in [6.45, 7) is 2.24. The molecule has 1 saturated carbocycles. The third-order valence-electron chi connectivity index (χ3n) is 2.76. The molecule has 0 aromatic rings. The summed E-state index contributed by atoms with van der Waals surface area (Å²) in [5, 5.41) is 9.05. The summed E-state index contributed by atoms with van der Waals surface area (Å²) in [5.74, 6) is 0. The van der Waals surface area contributed by atoms with E-state index in [1.54, 1.807) is 0 Å². The lowest BCUT2D eigenvalue weighted by molar-refractivity contribution is 0.0857. The molecule has 1 atom stereocenters. The first-order valence-electron chi connectivity index (χ1n) is 4.56. The molecule has 0 saturated heterocycles. The van der Waals surface area contributed by atoms with E-state index in [0.29, 0.717) is 5.41 Å². The number of aliphatic hydroxyl groups excluding tert-OH is 1. The van der Waals surface area contributed by atoms with Crippen LogP contribution < -0.4 is 5.73 Å². The van der Waals surface area contributed by atoms with Crippen LogP contribution in [0.3, 0.4) is 0 Å². The summed E-state index contributed by atoms with van der Waals surface area (Å²) >= 11 is 0. The van der Waals surface area contributed by atoms with Gasteiger partial charge in [-0.1, -0.05) is 26.2 Å². The minimum Gasteiger partial charge on any atom is -0.379 e. The predicted molar refractivity (Wildman–Crippen MR) is 46.0 cm³/mol. The van der Waals surface area contributed by atoms with Crippen LogP contribution in [0, 0.1) is 5.41 Å². The average molecular weight is 157 g/mol. The van der Waals surface area contributed by atoms with E-state index >= 15 is 0 Å². The van der Waals surface area contributed by atoms with Gasteiger partial charge in [-0.05, 0) is 24.7 Å². The molecule has 0 aromatic heterocycles. The minimum absolute atomic E-state index is 0.326. The number of rotatable bonds is 2. The van der Waals surface area contributed by atoms with E-state index in [9.17, 15) is 0 Å². The second-order valence-corrected chi connectivity index (χ2v) is 4.14. The Bertz CT molecular complexity index is 117. The SMILES string of the molecule is CC1(CC(N)O)CCCCC1. The van der Waals surface area contributed by atoms with E-state index in [4.69, 9.17) is 10.8 Å². The van der Waals surface area contributed by atoms with Crippen molar-refractivity contribution in [2.45, 2.75) is 51.7 Å². The van der Waals surface area contributed by atoms with Crippen molar-refractivity contribution >= 4 is 0 Å². The van der Waals surface area contributed by atoms with Crippen molar-refractivity contribution in [1.29, 1.82) is 0 Å². The van der Waals surface area contributed by atoms with Gasteiger partial charge in [0.15, 0.2) is 0 Å². The molecule has 0 aromatic carbocycles. The Hall–Kier alpha value is -0.0800. The minimum atomic E-state index is -0.613. The highest BCUT2D eigenvalue weighted by molar-refractivity contribution is 4.79. The van der Waals surface area contributed by atoms with Crippen molar-refractivity contribution in [2.24, 2.45) is 11.1 Å². The topological polar surface area (TPSA) is 46.2 Å². The highest BCUT2D eigenvalue weighted by atomic mass is 16.3. The monoisotopic (exact) mass is 157 g/mol. The highest BCUT2D eigenvalue weighted by Crippen LogP contribution is 2.38. The van der Waals surface area contributed by atoms with Crippen LogP contribution in [-0.2, 0) is 0 Å². The zero-order valence-corrected chi connectivity index (χ0v) is 7.34. The lowest BCUT2D eigenvalue weighted by Gasteiger charge is -2.34. The number of nitrogens with two attached hydrogens (primary N) is 1. The van der Waals surface area contributed by atoms with Crippen LogP contribution in [0.4, 0.5) is 0 Å². The van der Waals surface area contributed by atoms with Crippen LogP contribution in [-0.4, -0.2) is 11.3 Å². The maximum Gasteiger partial charge on any atom is 0.102 e. The van der Waals surface area contributed by atoms with Gasteiger partial charge in [0, 0.05) is 0 Å². The molecular weight excluding hydrogens is 138 g/mol. The Morgan fingerprint density at radius 2 is 1.91 bits per heavy atom. The van der Waals surface area contributed by atoms with E-state index in [2.05, 4.69) is 6.92 Å². The van der Waals surface area contributed by atoms with Crippen LogP contribution in [0.1, 0.15) is 45.4 Å². The summed E-state index contributed by atoms with van der Waals surface area (Å²) in [5.41, 5.74) is 5.69. The van der Waals surface area contributed by atoms with Gasteiger partial charge in [-0.15, -0.1) is 0 Å². The average Bonchev–Trinajstić information content (AvgIpc) is 1.85. The second kappa shape index (κ2) is 3.55. The zero-order valence-electron chi connectivity index (χ0n) is 7.34. The molecule has 0 bridgehead atoms. The van der Waals surface area contributed by atoms with E-state index < -0.39 is 6.23 Å². The molecule has 1 aliphatic rings. The molecular formula is C9H19NO. The van der Waals surface area contributed by atoms with E-state index in [-0.39, 0.29) is 0 Å². The maximum atomic E-state index is 9.05. The first-order valence-corrected chi connectivity index (χ1v) is 4.56. The Kier molecular flexibility index (Phi) is 2.90. The molecule has 0 spiro atoms. The molecule has 3 N–H and O–H groups in total. The smallest absolute Gasteiger partial charge is 0.102 e. The Morgan fingerprint density at radius 3 is 2.36 bits per heavy atom. The highest BCUT2D eigenvalue weighted by Gasteiger charge is 2.27. The molecule has 11 heavy (non-hydrogen) atoms. The first kappa shape index (κ1) is 9.01. The summed E-state index contributed by atoms with van der Waals surface area (Å²) in [4.78, 5) is 0. The molecule has 1 fully saturated rings. The van der Waals surface area contributed by atoms with Gasteiger partial charge in [-0.2, -0.15) is 0 Å². The molecule has 1 rings (SSSR count). The lowest BCUT2D eigenvalue weighted by Crippen LogP contribution is -2.30. The van der Waals surface area contributed by atoms with Gasteiger partial charge in [0.2, 0.25) is 0 Å². The fourth-order valence-electron chi connectivity index (χ4n) is 2.11. The first-order chi connectivity index (χ1) is 5.12. The summed E-state index contributed by atoms with van der Waals surface area (Å²) < 4.78 is 0. The zero-order chi connectivity index (χ0) is 8.32. The summed E-state index contributed by atoms with van der Waals surface area (Å²) in [6.07, 6.45) is 6.61. The van der Waals surface area contributed by atoms with E-state index in [1.807, 2.05) is 0 Å². The van der Waals surface area contributed by atoms with Crippen molar-refractivity contribution in [1.82, 2.24) is 0 Å². The van der Waals surface area contributed by atoms with Crippen molar-refractivity contribution in [3.05, 3.63) is 0 Å². The second-order valence-electron chi connectivity index (χ2n) is 4.14. The Labute approximate surface area is 68.8 Å². The van der Waals surface area contributed by atoms with E-state index in [1.165, 1.54) is 32.1 Å². The van der Waals surface area contributed by atoms with Gasteiger partial charge < -0.3 is 10.8 Å². The summed E-state index contributed by atoms with van der Waals surface area (Å²) in [6, 6.07) is 0. The van der Waals surface area contributed by atoms with Crippen LogP contribution >= 0.6 is 0 Å². The molecule has 0 amide bonds. The molecule has 0 radical (unpaired) electrons. The van der Waals surface area contributed by atoms with Crippen LogP contribution in [0.5, 0.6) is 0 Å². The fraction of sp³-hybridized carbons (Fsp3) is 1.00. The van der Waals surface area contributed by atoms with Gasteiger partial charge >= 0.3 is 0 Å².